The smallest absolute Gasteiger partial charge is 0.303 e. The summed E-state index contributed by atoms with van der Waals surface area (Å²) in [4.78, 5) is 59.5. The minimum atomic E-state index is -1.28. The first-order chi connectivity index (χ1) is 15.4. The summed E-state index contributed by atoms with van der Waals surface area (Å²) < 4.78 is 0. The number of aromatic hydroxyl groups is 1. The van der Waals surface area contributed by atoms with Gasteiger partial charge in [0, 0.05) is 51.6 Å². The van der Waals surface area contributed by atoms with E-state index < -0.39 is 54.3 Å². The summed E-state index contributed by atoms with van der Waals surface area (Å²) in [6.07, 6.45) is -0.481. The second-order valence-corrected chi connectivity index (χ2v) is 7.96. The van der Waals surface area contributed by atoms with Crippen LogP contribution in [0.4, 0.5) is 0 Å². The van der Waals surface area contributed by atoms with E-state index in [2.05, 4.69) is 16.0 Å². The number of hydrogen-bond donors (Lipinski definition) is 5. The summed E-state index contributed by atoms with van der Waals surface area (Å²) in [7, 11) is 0. The average Bonchev–Trinajstić information content (AvgIpc) is 2.71. The average molecular weight is 552 g/mol. The topological polar surface area (TPSA) is 186 Å². The zero-order valence-corrected chi connectivity index (χ0v) is 22.3. The number of phenols is 1. The number of carboxylic acids is 1. The first-order valence-electron chi connectivity index (χ1n) is 10.5. The van der Waals surface area contributed by atoms with E-state index in [1.807, 2.05) is 0 Å². The molecule has 0 bridgehead atoms. The van der Waals surface area contributed by atoms with E-state index >= 15 is 0 Å². The Kier molecular flexibility index (Phi) is 14.4. The molecule has 185 valence electrons. The number of carbonyl (C=O) groups excluding carboxylic acids is 4. The van der Waals surface area contributed by atoms with Gasteiger partial charge in [-0.15, -0.1) is 0 Å². The quantitative estimate of drug-likeness (QED) is 0.238. The Balaban J connectivity index is 0.0000109. The molecule has 0 aliphatic heterocycles. The molecule has 3 amide bonds. The number of amides is 3. The molecule has 0 aliphatic carbocycles. The molecular weight excluding hydrogens is 521 g/mol. The SMILES string of the molecule is CC(=O)CC(C)NC(=O)[C@H](C)NC(=O)[C@H](CCC(=O)O)NC(=O)[C@@H]([NH-])Cc1ccc(O)cc1.[Y]. The van der Waals surface area contributed by atoms with Gasteiger partial charge in [0.2, 0.25) is 17.7 Å². The standard InChI is InChI=1S/C22H31N4O7.Y/c1-12(10-13(2)27)24-20(31)14(3)25-22(33)18(8-9-19(29)30)26-21(32)17(23)11-15-4-6-16(28)7-5-15;/h4-7,12,14,17-18,23,28H,8-11H2,1-3H3,(H,24,31)(H,25,33)(H,26,32)(H,29,30);/q-1;/t12?,14-,17-,18-;/m0./s1. The van der Waals surface area contributed by atoms with E-state index in [9.17, 15) is 29.1 Å². The first-order valence-corrected chi connectivity index (χ1v) is 10.5. The molecule has 0 heterocycles. The molecule has 0 aromatic heterocycles. The summed E-state index contributed by atoms with van der Waals surface area (Å²) in [5, 5.41) is 25.7. The molecule has 0 saturated carbocycles. The summed E-state index contributed by atoms with van der Waals surface area (Å²) in [5.41, 5.74) is 8.67. The number of ketones is 1. The molecule has 0 spiro atoms. The number of Topliss-reactive ketones (excluding diaryl/α,β-unsaturated/α-hetero) is 1. The van der Waals surface area contributed by atoms with Crippen molar-refractivity contribution in [3.63, 3.8) is 0 Å². The second kappa shape index (κ2) is 15.5. The molecule has 1 aromatic rings. The van der Waals surface area contributed by atoms with Crippen molar-refractivity contribution < 1.29 is 66.9 Å². The van der Waals surface area contributed by atoms with Crippen LogP contribution in [0.3, 0.4) is 0 Å². The number of carboxylic acid groups (broad SMARTS) is 1. The van der Waals surface area contributed by atoms with Crippen LogP contribution in [0.2, 0.25) is 0 Å². The number of benzene rings is 1. The third-order valence-corrected chi connectivity index (χ3v) is 4.71. The van der Waals surface area contributed by atoms with Gasteiger partial charge in [-0.1, -0.05) is 18.2 Å². The molecule has 1 unspecified atom stereocenters. The van der Waals surface area contributed by atoms with Crippen LogP contribution >= 0.6 is 0 Å². The summed E-state index contributed by atoms with van der Waals surface area (Å²) in [6.45, 7) is 4.46. The Labute approximate surface area is 223 Å². The molecular formula is C22H31N4O7Y-. The number of hydrogen-bond acceptors (Lipinski definition) is 6. The van der Waals surface area contributed by atoms with Crippen LogP contribution in [-0.4, -0.2) is 63.9 Å². The van der Waals surface area contributed by atoms with Crippen LogP contribution in [0.15, 0.2) is 24.3 Å². The van der Waals surface area contributed by atoms with E-state index in [1.165, 1.54) is 26.0 Å². The third kappa shape index (κ3) is 12.2. The fraction of sp³-hybridized carbons (Fsp3) is 0.500. The number of rotatable bonds is 13. The predicted octanol–water partition coefficient (Wildman–Crippen LogP) is 0.691. The maximum Gasteiger partial charge on any atom is 0.303 e. The molecule has 11 nitrogen and oxygen atoms in total. The number of carbonyl (C=O) groups is 5. The fourth-order valence-electron chi connectivity index (χ4n) is 3.00. The maximum absolute atomic E-state index is 12.6. The van der Waals surface area contributed by atoms with Crippen molar-refractivity contribution in [1.29, 1.82) is 0 Å². The van der Waals surface area contributed by atoms with Crippen molar-refractivity contribution in [3.05, 3.63) is 35.6 Å². The van der Waals surface area contributed by atoms with Gasteiger partial charge < -0.3 is 31.9 Å². The van der Waals surface area contributed by atoms with E-state index in [4.69, 9.17) is 10.8 Å². The van der Waals surface area contributed by atoms with Crippen LogP contribution in [0.25, 0.3) is 5.73 Å². The van der Waals surface area contributed by atoms with Crippen LogP contribution in [0, 0.1) is 0 Å². The van der Waals surface area contributed by atoms with Gasteiger partial charge in [-0.2, -0.15) is 0 Å². The Morgan fingerprint density at radius 3 is 2.06 bits per heavy atom. The van der Waals surface area contributed by atoms with Gasteiger partial charge in [0.25, 0.3) is 0 Å². The van der Waals surface area contributed by atoms with E-state index in [0.717, 1.165) is 0 Å². The normalized spacial score (nSPS) is 13.9. The number of aliphatic carboxylic acids is 1. The molecule has 1 radical (unpaired) electrons. The van der Waals surface area contributed by atoms with Crippen molar-refractivity contribution in [1.82, 2.24) is 16.0 Å². The van der Waals surface area contributed by atoms with E-state index in [-0.39, 0.29) is 63.5 Å². The monoisotopic (exact) mass is 552 g/mol. The molecule has 6 N–H and O–H groups in total. The molecule has 0 saturated heterocycles. The molecule has 1 aromatic carbocycles. The Morgan fingerprint density at radius 1 is 0.941 bits per heavy atom. The molecule has 4 atom stereocenters. The van der Waals surface area contributed by atoms with Gasteiger partial charge in [0.05, 0.1) is 0 Å². The van der Waals surface area contributed by atoms with Crippen LogP contribution in [-0.2, 0) is 63.1 Å². The Hall–Kier alpha value is -2.37. The summed E-state index contributed by atoms with van der Waals surface area (Å²) in [6, 6.07) is 2.01. The largest absolute Gasteiger partial charge is 0.667 e. The predicted molar refractivity (Wildman–Crippen MR) is 119 cm³/mol. The summed E-state index contributed by atoms with van der Waals surface area (Å²) in [5.74, 6) is -3.30. The number of nitrogens with one attached hydrogen (secondary N) is 4. The van der Waals surface area contributed by atoms with Gasteiger partial charge >= 0.3 is 5.97 Å². The van der Waals surface area contributed by atoms with E-state index in [1.54, 1.807) is 19.1 Å². The van der Waals surface area contributed by atoms with Crippen molar-refractivity contribution >= 4 is 29.5 Å². The first kappa shape index (κ1) is 31.6. The molecule has 1 rings (SSSR count). The number of phenolic OH excluding ortho intramolecular Hbond substituents is 1. The van der Waals surface area contributed by atoms with Crippen LogP contribution in [0.1, 0.15) is 45.6 Å². The maximum atomic E-state index is 12.6. The van der Waals surface area contributed by atoms with Crippen molar-refractivity contribution in [2.75, 3.05) is 0 Å². The molecule has 34 heavy (non-hydrogen) atoms. The van der Waals surface area contributed by atoms with Crippen LogP contribution in [0.5, 0.6) is 5.75 Å². The van der Waals surface area contributed by atoms with Gasteiger partial charge in [-0.3, -0.25) is 24.0 Å². The van der Waals surface area contributed by atoms with Crippen molar-refractivity contribution in [2.45, 2.75) is 70.6 Å². The second-order valence-electron chi connectivity index (χ2n) is 7.96. The van der Waals surface area contributed by atoms with Crippen molar-refractivity contribution in [3.8, 4) is 5.75 Å². The molecule has 0 aliphatic rings. The third-order valence-electron chi connectivity index (χ3n) is 4.71. The Bertz CT molecular complexity index is 863. The molecule has 12 heteroatoms. The van der Waals surface area contributed by atoms with E-state index in [0.29, 0.717) is 5.56 Å². The zero-order valence-electron chi connectivity index (χ0n) is 19.5. The summed E-state index contributed by atoms with van der Waals surface area (Å²) >= 11 is 0. The van der Waals surface area contributed by atoms with Gasteiger partial charge in [0.1, 0.15) is 23.6 Å². The van der Waals surface area contributed by atoms with Gasteiger partial charge in [-0.05, 0) is 51.3 Å². The fourth-order valence-corrected chi connectivity index (χ4v) is 3.00. The Morgan fingerprint density at radius 2 is 1.53 bits per heavy atom. The van der Waals surface area contributed by atoms with Gasteiger partial charge in [0.15, 0.2) is 0 Å². The molecule has 0 fully saturated rings. The van der Waals surface area contributed by atoms with Crippen molar-refractivity contribution in [2.24, 2.45) is 0 Å². The zero-order chi connectivity index (χ0) is 25.1. The minimum absolute atomic E-state index is 0. The minimum Gasteiger partial charge on any atom is -0.667 e. The van der Waals surface area contributed by atoms with Crippen LogP contribution < -0.4 is 16.0 Å². The van der Waals surface area contributed by atoms with Gasteiger partial charge in [-0.25, -0.2) is 0 Å².